The van der Waals surface area contributed by atoms with Crippen molar-refractivity contribution in [1.82, 2.24) is 9.62 Å². The quantitative estimate of drug-likeness (QED) is 0.904. The first-order chi connectivity index (χ1) is 9.88. The minimum absolute atomic E-state index is 0.261. The molecule has 0 aromatic carbocycles. The van der Waals surface area contributed by atoms with Gasteiger partial charge in [0.1, 0.15) is 0 Å². The van der Waals surface area contributed by atoms with E-state index < -0.39 is 10.0 Å². The highest BCUT2D eigenvalue weighted by molar-refractivity contribution is 7.89. The van der Waals surface area contributed by atoms with E-state index in [4.69, 9.17) is 0 Å². The molecule has 1 saturated carbocycles. The molecule has 21 heavy (non-hydrogen) atoms. The molecule has 118 valence electrons. The SMILES string of the molecule is CC1(C)CCN(S(=O)(=O)c2ccsc2CNC2CC2)CC1. The molecule has 1 aromatic rings. The Labute approximate surface area is 131 Å². The van der Waals surface area contributed by atoms with Crippen LogP contribution in [0.15, 0.2) is 16.3 Å². The van der Waals surface area contributed by atoms with Gasteiger partial charge in [-0.3, -0.25) is 0 Å². The third-order valence-corrected chi connectivity index (χ3v) is 7.56. The van der Waals surface area contributed by atoms with Crippen LogP contribution < -0.4 is 5.32 Å². The molecule has 3 rings (SSSR count). The molecular weight excluding hydrogens is 304 g/mol. The Morgan fingerprint density at radius 1 is 1.33 bits per heavy atom. The van der Waals surface area contributed by atoms with Crippen molar-refractivity contribution in [1.29, 1.82) is 0 Å². The maximum atomic E-state index is 12.8. The molecule has 0 unspecified atom stereocenters. The smallest absolute Gasteiger partial charge is 0.244 e. The van der Waals surface area contributed by atoms with Gasteiger partial charge in [-0.05, 0) is 42.5 Å². The number of piperidine rings is 1. The molecule has 2 heterocycles. The van der Waals surface area contributed by atoms with Crippen molar-refractivity contribution >= 4 is 21.4 Å². The van der Waals surface area contributed by atoms with Crippen LogP contribution in [0, 0.1) is 5.41 Å². The van der Waals surface area contributed by atoms with E-state index in [9.17, 15) is 8.42 Å². The highest BCUT2D eigenvalue weighted by Crippen LogP contribution is 2.34. The topological polar surface area (TPSA) is 49.4 Å². The maximum Gasteiger partial charge on any atom is 0.244 e. The Morgan fingerprint density at radius 3 is 2.62 bits per heavy atom. The van der Waals surface area contributed by atoms with Gasteiger partial charge in [0, 0.05) is 30.6 Å². The average molecular weight is 329 g/mol. The molecule has 1 N–H and O–H groups in total. The summed E-state index contributed by atoms with van der Waals surface area (Å²) in [5, 5.41) is 5.31. The van der Waals surface area contributed by atoms with Gasteiger partial charge < -0.3 is 5.32 Å². The Balaban J connectivity index is 1.74. The third kappa shape index (κ3) is 3.50. The van der Waals surface area contributed by atoms with Crippen LogP contribution >= 0.6 is 11.3 Å². The summed E-state index contributed by atoms with van der Waals surface area (Å²) >= 11 is 1.54. The second-order valence-electron chi connectivity index (χ2n) is 6.93. The summed E-state index contributed by atoms with van der Waals surface area (Å²) in [6.07, 6.45) is 4.31. The Kier molecular flexibility index (Phi) is 4.16. The van der Waals surface area contributed by atoms with E-state index in [0.29, 0.717) is 30.6 Å². The van der Waals surface area contributed by atoms with E-state index in [1.807, 2.05) is 5.38 Å². The molecule has 0 spiro atoms. The van der Waals surface area contributed by atoms with Crippen LogP contribution in [0.1, 0.15) is 44.4 Å². The third-order valence-electron chi connectivity index (χ3n) is 4.53. The first-order valence-corrected chi connectivity index (χ1v) is 10.0. The van der Waals surface area contributed by atoms with E-state index in [-0.39, 0.29) is 5.41 Å². The lowest BCUT2D eigenvalue weighted by atomic mass is 9.83. The molecule has 0 atom stereocenters. The normalized spacial score (nSPS) is 23.3. The molecule has 1 aliphatic carbocycles. The second-order valence-corrected chi connectivity index (χ2v) is 9.84. The fourth-order valence-corrected chi connectivity index (χ4v) is 5.49. The molecule has 0 radical (unpaired) electrons. The number of sulfonamides is 1. The van der Waals surface area contributed by atoms with Crippen LogP contribution in [0.3, 0.4) is 0 Å². The van der Waals surface area contributed by atoms with Gasteiger partial charge in [-0.15, -0.1) is 11.3 Å². The van der Waals surface area contributed by atoms with Crippen molar-refractivity contribution < 1.29 is 8.42 Å². The van der Waals surface area contributed by atoms with Gasteiger partial charge in [0.05, 0.1) is 4.90 Å². The minimum Gasteiger partial charge on any atom is -0.309 e. The molecule has 1 saturated heterocycles. The molecule has 0 bridgehead atoms. The first kappa shape index (κ1) is 15.5. The fourth-order valence-electron chi connectivity index (χ4n) is 2.68. The van der Waals surface area contributed by atoms with Gasteiger partial charge >= 0.3 is 0 Å². The highest BCUT2D eigenvalue weighted by Gasteiger charge is 2.34. The van der Waals surface area contributed by atoms with Gasteiger partial charge in [0.2, 0.25) is 10.0 Å². The molecule has 1 aliphatic heterocycles. The zero-order valence-electron chi connectivity index (χ0n) is 12.8. The zero-order valence-corrected chi connectivity index (χ0v) is 14.4. The Morgan fingerprint density at radius 2 is 2.00 bits per heavy atom. The van der Waals surface area contributed by atoms with Crippen molar-refractivity contribution in [2.24, 2.45) is 5.41 Å². The minimum atomic E-state index is -3.32. The van der Waals surface area contributed by atoms with Crippen molar-refractivity contribution in [2.45, 2.75) is 57.0 Å². The Hall–Kier alpha value is -0.430. The number of hydrogen-bond acceptors (Lipinski definition) is 4. The van der Waals surface area contributed by atoms with Crippen LogP contribution in [-0.2, 0) is 16.6 Å². The monoisotopic (exact) mass is 328 g/mol. The van der Waals surface area contributed by atoms with Gasteiger partial charge in [0.25, 0.3) is 0 Å². The summed E-state index contributed by atoms with van der Waals surface area (Å²) in [6.45, 7) is 6.39. The van der Waals surface area contributed by atoms with E-state index >= 15 is 0 Å². The molecule has 1 aromatic heterocycles. The van der Waals surface area contributed by atoms with Crippen molar-refractivity contribution in [3.63, 3.8) is 0 Å². The summed E-state index contributed by atoms with van der Waals surface area (Å²) in [4.78, 5) is 1.46. The maximum absolute atomic E-state index is 12.8. The summed E-state index contributed by atoms with van der Waals surface area (Å²) in [6, 6.07) is 2.36. The van der Waals surface area contributed by atoms with E-state index in [1.165, 1.54) is 12.8 Å². The predicted molar refractivity (Wildman–Crippen MR) is 86.0 cm³/mol. The van der Waals surface area contributed by atoms with Crippen LogP contribution in [-0.4, -0.2) is 31.9 Å². The van der Waals surface area contributed by atoms with Crippen LogP contribution in [0.2, 0.25) is 0 Å². The van der Waals surface area contributed by atoms with E-state index in [1.54, 1.807) is 21.7 Å². The number of nitrogens with one attached hydrogen (secondary N) is 1. The lowest BCUT2D eigenvalue weighted by molar-refractivity contribution is 0.196. The lowest BCUT2D eigenvalue weighted by Crippen LogP contribution is -2.41. The average Bonchev–Trinajstić information content (AvgIpc) is 3.12. The van der Waals surface area contributed by atoms with Crippen LogP contribution in [0.4, 0.5) is 0 Å². The van der Waals surface area contributed by atoms with E-state index in [2.05, 4.69) is 19.2 Å². The standard InChI is InChI=1S/C15H24N2O2S2/c1-15(2)6-8-17(9-7-15)21(18,19)14-5-10-20-13(14)11-16-12-3-4-12/h5,10,12,16H,3-4,6-9,11H2,1-2H3. The molecule has 4 nitrogen and oxygen atoms in total. The van der Waals surface area contributed by atoms with Gasteiger partial charge in [-0.25, -0.2) is 8.42 Å². The molecule has 2 fully saturated rings. The first-order valence-electron chi connectivity index (χ1n) is 7.68. The van der Waals surface area contributed by atoms with Gasteiger partial charge in [0.15, 0.2) is 0 Å². The van der Waals surface area contributed by atoms with Crippen molar-refractivity contribution in [3.05, 3.63) is 16.3 Å². The summed E-state index contributed by atoms with van der Waals surface area (Å²) in [5.74, 6) is 0. The van der Waals surface area contributed by atoms with Crippen molar-refractivity contribution in [3.8, 4) is 0 Å². The van der Waals surface area contributed by atoms with Gasteiger partial charge in [-0.1, -0.05) is 13.8 Å². The van der Waals surface area contributed by atoms with Crippen LogP contribution in [0.5, 0.6) is 0 Å². The van der Waals surface area contributed by atoms with Crippen molar-refractivity contribution in [2.75, 3.05) is 13.1 Å². The molecular formula is C15H24N2O2S2. The molecule has 0 amide bonds. The molecule has 2 aliphatic rings. The Bertz CT molecular complexity index is 593. The number of hydrogen-bond donors (Lipinski definition) is 1. The number of nitrogens with zero attached hydrogens (tertiary/aromatic N) is 1. The molecule has 6 heteroatoms. The lowest BCUT2D eigenvalue weighted by Gasteiger charge is -2.36. The summed E-state index contributed by atoms with van der Waals surface area (Å²) in [7, 11) is -3.32. The summed E-state index contributed by atoms with van der Waals surface area (Å²) < 4.78 is 27.4. The zero-order chi connectivity index (χ0) is 15.1. The van der Waals surface area contributed by atoms with E-state index in [0.717, 1.165) is 17.7 Å². The fraction of sp³-hybridized carbons (Fsp3) is 0.733. The predicted octanol–water partition coefficient (Wildman–Crippen LogP) is 2.81. The van der Waals surface area contributed by atoms with Gasteiger partial charge in [-0.2, -0.15) is 4.31 Å². The van der Waals surface area contributed by atoms with Crippen LogP contribution in [0.25, 0.3) is 0 Å². The second kappa shape index (κ2) is 5.65. The summed E-state index contributed by atoms with van der Waals surface area (Å²) in [5.41, 5.74) is 0.261. The number of rotatable bonds is 5. The largest absolute Gasteiger partial charge is 0.309 e. The highest BCUT2D eigenvalue weighted by atomic mass is 32.2. The number of thiophene rings is 1.